The molecule has 29 heavy (non-hydrogen) atoms. The molecule has 0 saturated carbocycles. The van der Waals surface area contributed by atoms with Crippen LogP contribution in [0.4, 0.5) is 5.13 Å². The summed E-state index contributed by atoms with van der Waals surface area (Å²) in [7, 11) is 2.87. The van der Waals surface area contributed by atoms with E-state index in [4.69, 9.17) is 14.2 Å². The van der Waals surface area contributed by atoms with Crippen molar-refractivity contribution < 1.29 is 23.8 Å². The molecule has 0 fully saturated rings. The zero-order valence-electron chi connectivity index (χ0n) is 15.6. The third kappa shape index (κ3) is 5.12. The number of carbonyl (C=O) groups excluding carboxylic acids is 2. The normalized spacial score (nSPS) is 10.3. The number of hydrogen-bond acceptors (Lipinski definition) is 7. The van der Waals surface area contributed by atoms with E-state index >= 15 is 0 Å². The molecule has 0 spiro atoms. The molecule has 1 N–H and O–H groups in total. The molecular weight excluding hydrogens is 460 g/mol. The SMILES string of the molecule is COc1cccc(OC)c1C(=O)OCC(=O)Nc1nc(-c2cccc(Br)c2)cs1. The van der Waals surface area contributed by atoms with E-state index in [1.54, 1.807) is 18.2 Å². The Hall–Kier alpha value is -2.91. The number of aromatic nitrogens is 1. The van der Waals surface area contributed by atoms with Crippen LogP contribution in [-0.4, -0.2) is 37.7 Å². The minimum Gasteiger partial charge on any atom is -0.496 e. The van der Waals surface area contributed by atoms with Crippen molar-refractivity contribution in [3.8, 4) is 22.8 Å². The number of hydrogen-bond donors (Lipinski definition) is 1. The van der Waals surface area contributed by atoms with E-state index in [2.05, 4.69) is 26.2 Å². The highest BCUT2D eigenvalue weighted by atomic mass is 79.9. The van der Waals surface area contributed by atoms with Gasteiger partial charge in [-0.15, -0.1) is 11.3 Å². The minimum atomic E-state index is -0.719. The average Bonchev–Trinajstić information content (AvgIpc) is 3.19. The molecule has 7 nitrogen and oxygen atoms in total. The Morgan fingerprint density at radius 1 is 1.10 bits per heavy atom. The Bertz CT molecular complexity index is 1010. The van der Waals surface area contributed by atoms with Crippen LogP contribution in [0, 0.1) is 0 Å². The molecule has 0 bridgehead atoms. The maximum Gasteiger partial charge on any atom is 0.346 e. The van der Waals surface area contributed by atoms with Crippen molar-refractivity contribution >= 4 is 44.3 Å². The summed E-state index contributed by atoms with van der Waals surface area (Å²) in [4.78, 5) is 29.0. The van der Waals surface area contributed by atoms with Crippen molar-refractivity contribution in [1.29, 1.82) is 0 Å². The van der Waals surface area contributed by atoms with E-state index in [-0.39, 0.29) is 5.56 Å². The van der Waals surface area contributed by atoms with Gasteiger partial charge in [-0.25, -0.2) is 9.78 Å². The fourth-order valence-electron chi connectivity index (χ4n) is 2.52. The van der Waals surface area contributed by atoms with Crippen LogP contribution >= 0.6 is 27.3 Å². The smallest absolute Gasteiger partial charge is 0.346 e. The molecule has 0 aliphatic carbocycles. The van der Waals surface area contributed by atoms with Crippen LogP contribution < -0.4 is 14.8 Å². The third-order valence-electron chi connectivity index (χ3n) is 3.84. The van der Waals surface area contributed by atoms with E-state index in [1.165, 1.54) is 25.6 Å². The van der Waals surface area contributed by atoms with Gasteiger partial charge in [-0.3, -0.25) is 10.1 Å². The lowest BCUT2D eigenvalue weighted by molar-refractivity contribution is -0.119. The second kappa shape index (κ2) is 9.53. The summed E-state index contributed by atoms with van der Waals surface area (Å²) in [6.45, 7) is -0.466. The van der Waals surface area contributed by atoms with Crippen LogP contribution in [0.2, 0.25) is 0 Å². The summed E-state index contributed by atoms with van der Waals surface area (Å²) in [5, 5.41) is 4.88. The molecule has 3 rings (SSSR count). The number of methoxy groups -OCH3 is 2. The molecule has 0 saturated heterocycles. The fraction of sp³-hybridized carbons (Fsp3) is 0.150. The number of benzene rings is 2. The largest absolute Gasteiger partial charge is 0.496 e. The molecule has 0 unspecified atom stereocenters. The summed E-state index contributed by atoms with van der Waals surface area (Å²) in [6, 6.07) is 12.6. The average molecular weight is 477 g/mol. The predicted octanol–water partition coefficient (Wildman–Crippen LogP) is 4.39. The first-order chi connectivity index (χ1) is 14.0. The van der Waals surface area contributed by atoms with Gasteiger partial charge in [-0.1, -0.05) is 34.1 Å². The third-order valence-corrected chi connectivity index (χ3v) is 5.09. The standard InChI is InChI=1S/C20H17BrN2O5S/c1-26-15-7-4-8-16(27-2)18(15)19(25)28-10-17(24)23-20-22-14(11-29-20)12-5-3-6-13(21)9-12/h3-9,11H,10H2,1-2H3,(H,22,23,24). The van der Waals surface area contributed by atoms with Gasteiger partial charge < -0.3 is 14.2 Å². The Morgan fingerprint density at radius 3 is 2.45 bits per heavy atom. The minimum absolute atomic E-state index is 0.122. The molecule has 0 aliphatic heterocycles. The second-order valence-electron chi connectivity index (χ2n) is 5.71. The molecule has 1 heterocycles. The quantitative estimate of drug-likeness (QED) is 0.509. The van der Waals surface area contributed by atoms with Gasteiger partial charge in [0.1, 0.15) is 17.1 Å². The van der Waals surface area contributed by atoms with Crippen molar-refractivity contribution in [3.63, 3.8) is 0 Å². The number of thiazole rings is 1. The number of esters is 1. The molecule has 1 aromatic heterocycles. The number of nitrogens with one attached hydrogen (secondary N) is 1. The van der Waals surface area contributed by atoms with E-state index in [0.717, 1.165) is 15.7 Å². The Morgan fingerprint density at radius 2 is 1.79 bits per heavy atom. The molecule has 9 heteroatoms. The summed E-state index contributed by atoms with van der Waals surface area (Å²) >= 11 is 4.70. The topological polar surface area (TPSA) is 86.8 Å². The highest BCUT2D eigenvalue weighted by Crippen LogP contribution is 2.29. The first-order valence-corrected chi connectivity index (χ1v) is 10.1. The summed E-state index contributed by atoms with van der Waals surface area (Å²) in [5.74, 6) is -0.618. The van der Waals surface area contributed by atoms with Crippen molar-refractivity contribution in [1.82, 2.24) is 4.98 Å². The van der Waals surface area contributed by atoms with Crippen LogP contribution in [-0.2, 0) is 9.53 Å². The van der Waals surface area contributed by atoms with Gasteiger partial charge in [0.05, 0.1) is 19.9 Å². The van der Waals surface area contributed by atoms with E-state index in [9.17, 15) is 9.59 Å². The number of anilines is 1. The van der Waals surface area contributed by atoms with E-state index < -0.39 is 18.5 Å². The number of amides is 1. The van der Waals surface area contributed by atoms with Gasteiger partial charge in [0.25, 0.3) is 5.91 Å². The highest BCUT2D eigenvalue weighted by molar-refractivity contribution is 9.10. The molecule has 0 aliphatic rings. The summed E-state index contributed by atoms with van der Waals surface area (Å²) < 4.78 is 16.4. The first kappa shape index (κ1) is 20.8. The van der Waals surface area contributed by atoms with Crippen molar-refractivity contribution in [2.24, 2.45) is 0 Å². The molecular formula is C20H17BrN2O5S. The molecule has 3 aromatic rings. The number of carbonyl (C=O) groups is 2. The van der Waals surface area contributed by atoms with Gasteiger partial charge in [-0.2, -0.15) is 0 Å². The maximum absolute atomic E-state index is 12.4. The number of halogens is 1. The zero-order valence-corrected chi connectivity index (χ0v) is 18.0. The Labute approximate surface area is 179 Å². The van der Waals surface area contributed by atoms with Crippen molar-refractivity contribution in [2.75, 3.05) is 26.1 Å². The van der Waals surface area contributed by atoms with Gasteiger partial charge in [0, 0.05) is 15.4 Å². The number of nitrogens with zero attached hydrogens (tertiary/aromatic N) is 1. The number of rotatable bonds is 7. The summed E-state index contributed by atoms with van der Waals surface area (Å²) in [6.07, 6.45) is 0. The van der Waals surface area contributed by atoms with Crippen molar-refractivity contribution in [3.05, 3.63) is 57.9 Å². The van der Waals surface area contributed by atoms with Gasteiger partial charge in [0.2, 0.25) is 0 Å². The lowest BCUT2D eigenvalue weighted by Crippen LogP contribution is -2.21. The van der Waals surface area contributed by atoms with Crippen LogP contribution in [0.5, 0.6) is 11.5 Å². The molecule has 1 amide bonds. The lowest BCUT2D eigenvalue weighted by atomic mass is 10.2. The molecule has 150 valence electrons. The van der Waals surface area contributed by atoms with Crippen molar-refractivity contribution in [2.45, 2.75) is 0 Å². The van der Waals surface area contributed by atoms with Crippen LogP contribution in [0.3, 0.4) is 0 Å². The van der Waals surface area contributed by atoms with Crippen LogP contribution in [0.15, 0.2) is 52.3 Å². The Kier molecular flexibility index (Phi) is 6.84. The molecule has 0 atom stereocenters. The second-order valence-corrected chi connectivity index (χ2v) is 7.48. The maximum atomic E-state index is 12.4. The van der Waals surface area contributed by atoms with Gasteiger partial charge in [-0.05, 0) is 24.3 Å². The lowest BCUT2D eigenvalue weighted by Gasteiger charge is -2.12. The number of ether oxygens (including phenoxy) is 3. The van der Waals surface area contributed by atoms with Gasteiger partial charge >= 0.3 is 5.97 Å². The first-order valence-electron chi connectivity index (χ1n) is 8.41. The van der Waals surface area contributed by atoms with E-state index in [1.807, 2.05) is 29.6 Å². The predicted molar refractivity (Wildman–Crippen MR) is 114 cm³/mol. The fourth-order valence-corrected chi connectivity index (χ4v) is 3.66. The van der Waals surface area contributed by atoms with Crippen LogP contribution in [0.25, 0.3) is 11.3 Å². The van der Waals surface area contributed by atoms with E-state index in [0.29, 0.717) is 16.6 Å². The Balaban J connectivity index is 1.62. The highest BCUT2D eigenvalue weighted by Gasteiger charge is 2.21. The molecule has 2 aromatic carbocycles. The summed E-state index contributed by atoms with van der Waals surface area (Å²) in [5.41, 5.74) is 1.78. The monoisotopic (exact) mass is 476 g/mol. The van der Waals surface area contributed by atoms with Crippen LogP contribution in [0.1, 0.15) is 10.4 Å². The zero-order chi connectivity index (χ0) is 20.8. The molecule has 0 radical (unpaired) electrons. The van der Waals surface area contributed by atoms with Gasteiger partial charge in [0.15, 0.2) is 11.7 Å².